The average Bonchev–Trinajstić information content (AvgIpc) is 2.86. The summed E-state index contributed by atoms with van der Waals surface area (Å²) in [5, 5.41) is 4.67. The molecule has 170 valence electrons. The van der Waals surface area contributed by atoms with Gasteiger partial charge in [0.15, 0.2) is 0 Å². The second kappa shape index (κ2) is 10.6. The number of anilines is 2. The molecule has 8 heteroatoms. The van der Waals surface area contributed by atoms with Crippen LogP contribution in [-0.4, -0.2) is 48.4 Å². The normalized spacial score (nSPS) is 14.5. The van der Waals surface area contributed by atoms with E-state index in [2.05, 4.69) is 20.2 Å². The number of fused-ring (bicyclic) bond motifs is 1. The molecule has 4 rings (SSSR count). The molecule has 0 atom stereocenters. The van der Waals surface area contributed by atoms with Gasteiger partial charge in [0, 0.05) is 54.2 Å². The van der Waals surface area contributed by atoms with Gasteiger partial charge in [-0.15, -0.1) is 0 Å². The van der Waals surface area contributed by atoms with E-state index in [1.165, 1.54) is 6.08 Å². The topological polar surface area (TPSA) is 110 Å². The number of rotatable bonds is 8. The second-order valence-corrected chi connectivity index (χ2v) is 7.91. The standard InChI is InChI=1S/C25H27N5O3/c26-24-22-17-23(20(2-1-14-31)16-19(22)3-10-28-24)33-15-11-29-25(32)18-6-12-30(13-7-18)21-4-8-27-9-5-21/h1-5,8-10,14,16-18H,6-7,11-13,15H2,(H2,26,28)(H,29,32)/b2-1+. The molecule has 1 aromatic carbocycles. The number of hydrogen-bond acceptors (Lipinski definition) is 7. The fraction of sp³-hybridized carbons (Fsp3) is 0.280. The minimum Gasteiger partial charge on any atom is -0.491 e. The Bertz CT molecular complexity index is 1140. The number of carbonyl (C=O) groups excluding carboxylic acids is 2. The summed E-state index contributed by atoms with van der Waals surface area (Å²) in [6, 6.07) is 9.56. The van der Waals surface area contributed by atoms with Gasteiger partial charge in [-0.2, -0.15) is 0 Å². The number of hydrogen-bond donors (Lipinski definition) is 2. The highest BCUT2D eigenvalue weighted by atomic mass is 16.5. The summed E-state index contributed by atoms with van der Waals surface area (Å²) in [4.78, 5) is 33.9. The number of allylic oxidation sites excluding steroid dienone is 1. The Balaban J connectivity index is 1.30. The molecule has 1 aliphatic heterocycles. The number of nitrogens with zero attached hydrogens (tertiary/aromatic N) is 3. The second-order valence-electron chi connectivity index (χ2n) is 7.91. The molecule has 3 N–H and O–H groups in total. The van der Waals surface area contributed by atoms with Crippen LogP contribution >= 0.6 is 0 Å². The maximum Gasteiger partial charge on any atom is 0.223 e. The fourth-order valence-electron chi connectivity index (χ4n) is 4.07. The van der Waals surface area contributed by atoms with Gasteiger partial charge in [-0.25, -0.2) is 4.98 Å². The number of nitrogens with one attached hydrogen (secondary N) is 1. The van der Waals surface area contributed by atoms with Crippen molar-refractivity contribution in [3.63, 3.8) is 0 Å². The van der Waals surface area contributed by atoms with Gasteiger partial charge in [0.1, 0.15) is 24.5 Å². The summed E-state index contributed by atoms with van der Waals surface area (Å²) in [6.07, 6.45) is 10.7. The first-order valence-corrected chi connectivity index (χ1v) is 11.0. The highest BCUT2D eigenvalue weighted by Gasteiger charge is 2.24. The molecule has 1 aliphatic rings. The van der Waals surface area contributed by atoms with E-state index in [9.17, 15) is 9.59 Å². The van der Waals surface area contributed by atoms with E-state index in [1.54, 1.807) is 24.7 Å². The molecule has 1 amide bonds. The van der Waals surface area contributed by atoms with Crippen LogP contribution in [0.1, 0.15) is 18.4 Å². The monoisotopic (exact) mass is 445 g/mol. The Morgan fingerprint density at radius 3 is 2.73 bits per heavy atom. The molecule has 33 heavy (non-hydrogen) atoms. The maximum atomic E-state index is 12.6. The van der Waals surface area contributed by atoms with Crippen LogP contribution in [0.3, 0.4) is 0 Å². The Morgan fingerprint density at radius 1 is 1.18 bits per heavy atom. The number of pyridine rings is 2. The summed E-state index contributed by atoms with van der Waals surface area (Å²) < 4.78 is 5.93. The molecule has 0 aliphatic carbocycles. The van der Waals surface area contributed by atoms with Crippen molar-refractivity contribution in [1.29, 1.82) is 0 Å². The molecular weight excluding hydrogens is 418 g/mol. The number of nitrogens with two attached hydrogens (primary N) is 1. The number of benzene rings is 1. The van der Waals surface area contributed by atoms with Gasteiger partial charge in [-0.3, -0.25) is 14.6 Å². The average molecular weight is 446 g/mol. The van der Waals surface area contributed by atoms with Crippen LogP contribution in [0.25, 0.3) is 16.8 Å². The van der Waals surface area contributed by atoms with Crippen LogP contribution in [-0.2, 0) is 9.59 Å². The lowest BCUT2D eigenvalue weighted by atomic mass is 9.95. The molecule has 0 unspecified atom stereocenters. The lowest BCUT2D eigenvalue weighted by molar-refractivity contribution is -0.125. The third kappa shape index (κ3) is 5.46. The van der Waals surface area contributed by atoms with Gasteiger partial charge in [0.2, 0.25) is 5.91 Å². The van der Waals surface area contributed by atoms with Crippen molar-refractivity contribution in [1.82, 2.24) is 15.3 Å². The zero-order valence-corrected chi connectivity index (χ0v) is 18.3. The van der Waals surface area contributed by atoms with Gasteiger partial charge < -0.3 is 20.7 Å². The molecule has 1 saturated heterocycles. The number of aldehydes is 1. The Morgan fingerprint density at radius 2 is 1.97 bits per heavy atom. The molecule has 0 bridgehead atoms. The Labute approximate surface area is 192 Å². The van der Waals surface area contributed by atoms with E-state index in [1.807, 2.05) is 30.3 Å². The van der Waals surface area contributed by atoms with Gasteiger partial charge in [0.25, 0.3) is 0 Å². The molecule has 3 aromatic rings. The van der Waals surface area contributed by atoms with E-state index in [-0.39, 0.29) is 11.8 Å². The largest absolute Gasteiger partial charge is 0.491 e. The molecule has 0 radical (unpaired) electrons. The number of amides is 1. The van der Waals surface area contributed by atoms with Crippen molar-refractivity contribution in [3.8, 4) is 5.75 Å². The number of carbonyl (C=O) groups is 2. The Kier molecular flexibility index (Phi) is 7.14. The summed E-state index contributed by atoms with van der Waals surface area (Å²) in [6.45, 7) is 2.38. The van der Waals surface area contributed by atoms with Gasteiger partial charge in [-0.05, 0) is 60.7 Å². The summed E-state index contributed by atoms with van der Waals surface area (Å²) in [7, 11) is 0. The van der Waals surface area contributed by atoms with Gasteiger partial charge in [-0.1, -0.05) is 0 Å². The predicted molar refractivity (Wildman–Crippen MR) is 129 cm³/mol. The molecule has 3 heterocycles. The van der Waals surface area contributed by atoms with Crippen LogP contribution < -0.4 is 20.7 Å². The van der Waals surface area contributed by atoms with Crippen LogP contribution in [0.15, 0.2) is 55.0 Å². The number of piperidine rings is 1. The SMILES string of the molecule is Nc1nccc2cc(/C=C/C=O)c(OCCNC(=O)C3CCN(c4ccncc4)CC3)cc12. The highest BCUT2D eigenvalue weighted by Crippen LogP contribution is 2.29. The van der Waals surface area contributed by atoms with Gasteiger partial charge >= 0.3 is 0 Å². The van der Waals surface area contributed by atoms with E-state index < -0.39 is 0 Å². The molecule has 2 aromatic heterocycles. The lowest BCUT2D eigenvalue weighted by Gasteiger charge is -2.32. The number of nitrogen functional groups attached to an aromatic ring is 1. The van der Waals surface area contributed by atoms with E-state index in [4.69, 9.17) is 10.5 Å². The first-order valence-electron chi connectivity index (χ1n) is 11.0. The molecule has 0 saturated carbocycles. The summed E-state index contributed by atoms with van der Waals surface area (Å²) in [5.41, 5.74) is 7.90. The van der Waals surface area contributed by atoms with Crippen molar-refractivity contribution >= 4 is 40.5 Å². The van der Waals surface area contributed by atoms with Crippen molar-refractivity contribution < 1.29 is 14.3 Å². The van der Waals surface area contributed by atoms with E-state index >= 15 is 0 Å². The van der Waals surface area contributed by atoms with E-state index in [0.717, 1.165) is 54.2 Å². The number of aromatic nitrogens is 2. The molecule has 1 fully saturated rings. The van der Waals surface area contributed by atoms with Crippen molar-refractivity contribution in [2.75, 3.05) is 36.9 Å². The Hall–Kier alpha value is -3.94. The van der Waals surface area contributed by atoms with Crippen molar-refractivity contribution in [2.45, 2.75) is 12.8 Å². The first kappa shape index (κ1) is 22.3. The third-order valence-electron chi connectivity index (χ3n) is 5.83. The highest BCUT2D eigenvalue weighted by molar-refractivity contribution is 5.94. The molecular formula is C25H27N5O3. The fourth-order valence-corrected chi connectivity index (χ4v) is 4.07. The predicted octanol–water partition coefficient (Wildman–Crippen LogP) is 2.84. The van der Waals surface area contributed by atoms with Crippen LogP contribution in [0.4, 0.5) is 11.5 Å². The lowest BCUT2D eigenvalue weighted by Crippen LogP contribution is -2.41. The smallest absolute Gasteiger partial charge is 0.223 e. The quantitative estimate of drug-likeness (QED) is 0.312. The first-order chi connectivity index (χ1) is 16.2. The molecule has 0 spiro atoms. The minimum atomic E-state index is 0.000662. The summed E-state index contributed by atoms with van der Waals surface area (Å²) >= 11 is 0. The zero-order chi connectivity index (χ0) is 23.0. The summed E-state index contributed by atoms with van der Waals surface area (Å²) in [5.74, 6) is 1.05. The third-order valence-corrected chi connectivity index (χ3v) is 5.83. The van der Waals surface area contributed by atoms with E-state index in [0.29, 0.717) is 24.7 Å². The maximum absolute atomic E-state index is 12.6. The van der Waals surface area contributed by atoms with Crippen LogP contribution in [0, 0.1) is 5.92 Å². The zero-order valence-electron chi connectivity index (χ0n) is 18.3. The van der Waals surface area contributed by atoms with Crippen molar-refractivity contribution in [3.05, 3.63) is 60.6 Å². The van der Waals surface area contributed by atoms with Crippen LogP contribution in [0.5, 0.6) is 5.75 Å². The van der Waals surface area contributed by atoms with Gasteiger partial charge in [0.05, 0.1) is 6.54 Å². The minimum absolute atomic E-state index is 0.000662. The van der Waals surface area contributed by atoms with Crippen molar-refractivity contribution in [2.24, 2.45) is 5.92 Å². The van der Waals surface area contributed by atoms with Crippen LogP contribution in [0.2, 0.25) is 0 Å². The number of ether oxygens (including phenoxy) is 1. The molecule has 8 nitrogen and oxygen atoms in total.